The van der Waals surface area contributed by atoms with E-state index in [1.165, 1.54) is 0 Å². The highest BCUT2D eigenvalue weighted by atomic mass is 16.5. The average Bonchev–Trinajstić information content (AvgIpc) is 2.37. The molecule has 4 nitrogen and oxygen atoms in total. The maximum atomic E-state index is 11.1. The van der Waals surface area contributed by atoms with Gasteiger partial charge in [-0.3, -0.25) is 9.78 Å². The molecule has 1 heterocycles. The van der Waals surface area contributed by atoms with Crippen molar-refractivity contribution in [3.63, 3.8) is 0 Å². The number of hydrogen-bond acceptors (Lipinski definition) is 3. The van der Waals surface area contributed by atoms with E-state index in [4.69, 9.17) is 9.84 Å². The van der Waals surface area contributed by atoms with Gasteiger partial charge in [0, 0.05) is 5.39 Å². The van der Waals surface area contributed by atoms with Crippen molar-refractivity contribution < 1.29 is 14.6 Å². The summed E-state index contributed by atoms with van der Waals surface area (Å²) >= 11 is 0. The SMILES string of the molecule is Cc1cc(C(C)C(=O)O)nc2ccc(OC(C)C)cc12. The van der Waals surface area contributed by atoms with Gasteiger partial charge in [0.2, 0.25) is 0 Å². The molecule has 0 amide bonds. The molecule has 0 aliphatic rings. The van der Waals surface area contributed by atoms with Gasteiger partial charge in [0.1, 0.15) is 5.75 Å². The zero-order valence-corrected chi connectivity index (χ0v) is 12.2. The summed E-state index contributed by atoms with van der Waals surface area (Å²) in [7, 11) is 0. The van der Waals surface area contributed by atoms with Crippen LogP contribution >= 0.6 is 0 Å². The van der Waals surface area contributed by atoms with Crippen molar-refractivity contribution in [1.82, 2.24) is 4.98 Å². The number of aryl methyl sites for hydroxylation is 1. The Morgan fingerprint density at radius 1 is 1.25 bits per heavy atom. The number of ether oxygens (including phenoxy) is 1. The third-order valence-corrected chi connectivity index (χ3v) is 3.19. The molecule has 20 heavy (non-hydrogen) atoms. The van der Waals surface area contributed by atoms with Crippen molar-refractivity contribution in [3.8, 4) is 5.75 Å². The van der Waals surface area contributed by atoms with Gasteiger partial charge >= 0.3 is 5.97 Å². The van der Waals surface area contributed by atoms with Crippen LogP contribution in [0.2, 0.25) is 0 Å². The molecule has 0 bridgehead atoms. The quantitative estimate of drug-likeness (QED) is 0.926. The Morgan fingerprint density at radius 2 is 1.95 bits per heavy atom. The molecule has 2 rings (SSSR count). The summed E-state index contributed by atoms with van der Waals surface area (Å²) in [5.41, 5.74) is 2.39. The predicted molar refractivity (Wildman–Crippen MR) is 78.3 cm³/mol. The van der Waals surface area contributed by atoms with E-state index in [9.17, 15) is 4.79 Å². The maximum absolute atomic E-state index is 11.1. The summed E-state index contributed by atoms with van der Waals surface area (Å²) in [6.07, 6.45) is 0.118. The van der Waals surface area contributed by atoms with Gasteiger partial charge in [0.25, 0.3) is 0 Å². The van der Waals surface area contributed by atoms with Crippen LogP contribution in [0.25, 0.3) is 10.9 Å². The highest BCUT2D eigenvalue weighted by molar-refractivity contribution is 5.85. The van der Waals surface area contributed by atoms with E-state index >= 15 is 0 Å². The largest absolute Gasteiger partial charge is 0.491 e. The molecule has 0 aliphatic carbocycles. The van der Waals surface area contributed by atoms with E-state index in [1.54, 1.807) is 6.92 Å². The summed E-state index contributed by atoms with van der Waals surface area (Å²) in [4.78, 5) is 15.5. The fourth-order valence-corrected chi connectivity index (χ4v) is 2.09. The molecule has 1 unspecified atom stereocenters. The Labute approximate surface area is 118 Å². The Bertz CT molecular complexity index is 649. The minimum Gasteiger partial charge on any atom is -0.491 e. The van der Waals surface area contributed by atoms with E-state index in [2.05, 4.69) is 4.98 Å². The third-order valence-electron chi connectivity index (χ3n) is 3.19. The van der Waals surface area contributed by atoms with Crippen LogP contribution in [0.4, 0.5) is 0 Å². The van der Waals surface area contributed by atoms with Crippen molar-refractivity contribution in [2.45, 2.75) is 39.7 Å². The molecule has 1 atom stereocenters. The van der Waals surface area contributed by atoms with Crippen LogP contribution in [0.1, 0.15) is 37.9 Å². The number of rotatable bonds is 4. The number of pyridine rings is 1. The standard InChI is InChI=1S/C16H19NO3/c1-9(2)20-12-5-6-14-13(8-12)10(3)7-15(17-14)11(4)16(18)19/h5-9,11H,1-4H3,(H,18,19). The fraction of sp³-hybridized carbons (Fsp3) is 0.375. The predicted octanol–water partition coefficient (Wildman–Crippen LogP) is 3.52. The minimum atomic E-state index is -0.865. The van der Waals surface area contributed by atoms with Gasteiger partial charge in [-0.1, -0.05) is 0 Å². The van der Waals surface area contributed by atoms with Crippen molar-refractivity contribution in [2.24, 2.45) is 0 Å². The Balaban J connectivity index is 2.49. The first-order chi connectivity index (χ1) is 9.38. The number of aliphatic carboxylic acids is 1. The molecular formula is C16H19NO3. The summed E-state index contributed by atoms with van der Waals surface area (Å²) in [6.45, 7) is 7.56. The van der Waals surface area contributed by atoms with E-state index in [0.717, 1.165) is 22.2 Å². The molecule has 1 aromatic heterocycles. The number of benzene rings is 1. The minimum absolute atomic E-state index is 0.118. The molecule has 0 saturated heterocycles. The van der Waals surface area contributed by atoms with Crippen molar-refractivity contribution >= 4 is 16.9 Å². The number of carboxylic acids is 1. The topological polar surface area (TPSA) is 59.4 Å². The number of carboxylic acid groups (broad SMARTS) is 1. The molecule has 1 aromatic carbocycles. The van der Waals surface area contributed by atoms with Gasteiger partial charge < -0.3 is 9.84 Å². The second-order valence-corrected chi connectivity index (χ2v) is 5.27. The lowest BCUT2D eigenvalue weighted by Gasteiger charge is -2.13. The first-order valence-electron chi connectivity index (χ1n) is 6.69. The van der Waals surface area contributed by atoms with Crippen molar-refractivity contribution in [1.29, 1.82) is 0 Å². The van der Waals surface area contributed by atoms with Crippen LogP contribution in [0.3, 0.4) is 0 Å². The van der Waals surface area contributed by atoms with Crippen molar-refractivity contribution in [3.05, 3.63) is 35.5 Å². The summed E-state index contributed by atoms with van der Waals surface area (Å²) in [5.74, 6) is -0.669. The summed E-state index contributed by atoms with van der Waals surface area (Å²) < 4.78 is 5.67. The van der Waals surface area contributed by atoms with Crippen molar-refractivity contribution in [2.75, 3.05) is 0 Å². The molecule has 0 spiro atoms. The van der Waals surface area contributed by atoms with Crippen LogP contribution < -0.4 is 4.74 Å². The van der Waals surface area contributed by atoms with Gasteiger partial charge in [-0.25, -0.2) is 0 Å². The number of aromatic nitrogens is 1. The fourth-order valence-electron chi connectivity index (χ4n) is 2.09. The Hall–Kier alpha value is -2.10. The van der Waals surface area contributed by atoms with Gasteiger partial charge in [0.05, 0.1) is 23.2 Å². The molecule has 0 aliphatic heterocycles. The van der Waals surface area contributed by atoms with Crippen LogP contribution in [0.5, 0.6) is 5.75 Å². The Morgan fingerprint density at radius 3 is 2.55 bits per heavy atom. The Kier molecular flexibility index (Phi) is 3.93. The lowest BCUT2D eigenvalue weighted by Crippen LogP contribution is -2.10. The van der Waals surface area contributed by atoms with Crippen LogP contribution in [-0.4, -0.2) is 22.2 Å². The zero-order chi connectivity index (χ0) is 14.9. The molecule has 4 heteroatoms. The van der Waals surface area contributed by atoms with Gasteiger partial charge in [-0.15, -0.1) is 0 Å². The van der Waals surface area contributed by atoms with Crippen LogP contribution in [-0.2, 0) is 4.79 Å². The maximum Gasteiger partial charge on any atom is 0.312 e. The van der Waals surface area contributed by atoms with Gasteiger partial charge in [-0.05, 0) is 57.5 Å². The van der Waals surface area contributed by atoms with E-state index in [1.807, 2.05) is 45.0 Å². The molecule has 0 saturated carbocycles. The lowest BCUT2D eigenvalue weighted by molar-refractivity contribution is -0.138. The molecule has 1 N–H and O–H groups in total. The first kappa shape index (κ1) is 14.3. The average molecular weight is 273 g/mol. The first-order valence-corrected chi connectivity index (χ1v) is 6.69. The number of fused-ring (bicyclic) bond motifs is 1. The molecule has 0 fully saturated rings. The zero-order valence-electron chi connectivity index (χ0n) is 12.2. The van der Waals surface area contributed by atoms with Gasteiger partial charge in [0.15, 0.2) is 0 Å². The molecular weight excluding hydrogens is 254 g/mol. The third kappa shape index (κ3) is 2.90. The highest BCUT2D eigenvalue weighted by Crippen LogP contribution is 2.26. The monoisotopic (exact) mass is 273 g/mol. The van der Waals surface area contributed by atoms with E-state index in [-0.39, 0.29) is 6.10 Å². The normalized spacial score (nSPS) is 12.7. The summed E-state index contributed by atoms with van der Waals surface area (Å²) in [5, 5.41) is 10.1. The summed E-state index contributed by atoms with van der Waals surface area (Å²) in [6, 6.07) is 7.52. The number of carbonyl (C=O) groups is 1. The number of nitrogens with zero attached hydrogens (tertiary/aromatic N) is 1. The molecule has 106 valence electrons. The van der Waals surface area contributed by atoms with Crippen LogP contribution in [0, 0.1) is 6.92 Å². The molecule has 2 aromatic rings. The van der Waals surface area contributed by atoms with E-state index in [0.29, 0.717) is 5.69 Å². The second-order valence-electron chi connectivity index (χ2n) is 5.27. The smallest absolute Gasteiger partial charge is 0.312 e. The highest BCUT2D eigenvalue weighted by Gasteiger charge is 2.16. The second kappa shape index (κ2) is 5.49. The lowest BCUT2D eigenvalue weighted by atomic mass is 10.0. The van der Waals surface area contributed by atoms with Crippen LogP contribution in [0.15, 0.2) is 24.3 Å². The van der Waals surface area contributed by atoms with E-state index < -0.39 is 11.9 Å². The molecule has 0 radical (unpaired) electrons. The van der Waals surface area contributed by atoms with Gasteiger partial charge in [-0.2, -0.15) is 0 Å². The number of hydrogen-bond donors (Lipinski definition) is 1.